The second-order valence-electron chi connectivity index (χ2n) is 5.54. The highest BCUT2D eigenvalue weighted by Crippen LogP contribution is 2.28. The number of ether oxygens (including phenoxy) is 1. The minimum Gasteiger partial charge on any atom is -0.484 e. The summed E-state index contributed by atoms with van der Waals surface area (Å²) < 4.78 is 13.6. The Balaban J connectivity index is 1.55. The van der Waals surface area contributed by atoms with Gasteiger partial charge in [-0.1, -0.05) is 11.6 Å². The van der Waals surface area contributed by atoms with E-state index in [9.17, 15) is 0 Å². The van der Waals surface area contributed by atoms with Gasteiger partial charge in [-0.15, -0.1) is 22.0 Å². The lowest BCUT2D eigenvalue weighted by Crippen LogP contribution is -2.02. The smallest absolute Gasteiger partial charge is 0.266 e. The Morgan fingerprint density at radius 1 is 1.21 bits per heavy atom. The van der Waals surface area contributed by atoms with Crippen molar-refractivity contribution in [3.63, 3.8) is 0 Å². The predicted octanol–water partition coefficient (Wildman–Crippen LogP) is 5.03. The third kappa shape index (κ3) is 4.06. The van der Waals surface area contributed by atoms with Gasteiger partial charge in [0.05, 0.1) is 5.02 Å². The van der Waals surface area contributed by atoms with E-state index in [1.165, 1.54) is 4.90 Å². The van der Waals surface area contributed by atoms with Gasteiger partial charge in [-0.25, -0.2) is 9.67 Å². The predicted molar refractivity (Wildman–Crippen MR) is 110 cm³/mol. The van der Waals surface area contributed by atoms with Gasteiger partial charge in [-0.3, -0.25) is 0 Å². The molecule has 142 valence electrons. The van der Waals surface area contributed by atoms with Gasteiger partial charge in [0.15, 0.2) is 12.4 Å². The van der Waals surface area contributed by atoms with E-state index in [2.05, 4.69) is 36.2 Å². The Morgan fingerprint density at radius 3 is 2.79 bits per heavy atom. The van der Waals surface area contributed by atoms with E-state index >= 15 is 0 Å². The molecule has 0 bridgehead atoms. The standard InChI is InChI=1S/C18H13BrClN5O2S/c1-28-12-6-4-11(5-7-12)26-10-16-22-23-18(27-16)14-9-15(19)24-25(14)17-13(20)3-2-8-21-17/h2-9H,10H2,1H3. The number of thioether (sulfide) groups is 1. The molecule has 3 aromatic heterocycles. The number of rotatable bonds is 6. The highest BCUT2D eigenvalue weighted by Gasteiger charge is 2.19. The van der Waals surface area contributed by atoms with Gasteiger partial charge in [0.2, 0.25) is 0 Å². The van der Waals surface area contributed by atoms with Crippen LogP contribution in [0, 0.1) is 0 Å². The molecular weight excluding hydrogens is 466 g/mol. The Morgan fingerprint density at radius 2 is 2.04 bits per heavy atom. The minimum atomic E-state index is 0.158. The van der Waals surface area contributed by atoms with Crippen LogP contribution in [0.2, 0.25) is 5.02 Å². The second-order valence-corrected chi connectivity index (χ2v) is 7.64. The van der Waals surface area contributed by atoms with Crippen LogP contribution in [0.25, 0.3) is 17.4 Å². The minimum absolute atomic E-state index is 0.158. The summed E-state index contributed by atoms with van der Waals surface area (Å²) >= 11 is 11.3. The molecule has 0 fully saturated rings. The van der Waals surface area contributed by atoms with E-state index in [1.54, 1.807) is 40.8 Å². The number of pyridine rings is 1. The molecule has 0 amide bonds. The molecule has 3 heterocycles. The zero-order valence-corrected chi connectivity index (χ0v) is 17.7. The molecule has 0 spiro atoms. The third-order valence-corrected chi connectivity index (χ3v) is 5.15. The Kier molecular flexibility index (Phi) is 5.65. The SMILES string of the molecule is CSc1ccc(OCc2nnc(-c3cc(Br)nn3-c3ncccc3Cl)o2)cc1. The molecule has 7 nitrogen and oxygen atoms in total. The second kappa shape index (κ2) is 8.34. The van der Waals surface area contributed by atoms with Gasteiger partial charge in [-0.05, 0) is 58.6 Å². The normalized spacial score (nSPS) is 11.0. The Bertz CT molecular complexity index is 1100. The molecule has 0 unspecified atom stereocenters. The summed E-state index contributed by atoms with van der Waals surface area (Å²) in [5.41, 5.74) is 0.565. The number of halogens is 2. The lowest BCUT2D eigenvalue weighted by atomic mass is 10.3. The first kappa shape index (κ1) is 19.0. The van der Waals surface area contributed by atoms with Gasteiger partial charge in [0.25, 0.3) is 11.8 Å². The van der Waals surface area contributed by atoms with Gasteiger partial charge in [0.1, 0.15) is 16.0 Å². The Labute approximate surface area is 178 Å². The molecule has 28 heavy (non-hydrogen) atoms. The molecule has 0 saturated heterocycles. The van der Waals surface area contributed by atoms with Crippen molar-refractivity contribution in [1.29, 1.82) is 0 Å². The van der Waals surface area contributed by atoms with Crippen LogP contribution in [0.5, 0.6) is 5.75 Å². The van der Waals surface area contributed by atoms with E-state index in [0.29, 0.717) is 27.0 Å². The molecule has 0 aliphatic carbocycles. The topological polar surface area (TPSA) is 78.9 Å². The van der Waals surface area contributed by atoms with E-state index in [0.717, 1.165) is 5.75 Å². The maximum Gasteiger partial charge on any atom is 0.266 e. The quantitative estimate of drug-likeness (QED) is 0.359. The number of hydrogen-bond acceptors (Lipinski definition) is 7. The summed E-state index contributed by atoms with van der Waals surface area (Å²) in [6.07, 6.45) is 3.66. The first-order valence-corrected chi connectivity index (χ1v) is 10.5. The fourth-order valence-electron chi connectivity index (χ4n) is 2.43. The van der Waals surface area contributed by atoms with Gasteiger partial charge in [-0.2, -0.15) is 5.10 Å². The van der Waals surface area contributed by atoms with E-state index in [1.807, 2.05) is 30.5 Å². The molecule has 0 saturated carbocycles. The molecule has 0 aliphatic rings. The van der Waals surface area contributed by atoms with Crippen LogP contribution in [0.3, 0.4) is 0 Å². The van der Waals surface area contributed by atoms with Crippen LogP contribution >= 0.6 is 39.3 Å². The summed E-state index contributed by atoms with van der Waals surface area (Å²) in [4.78, 5) is 5.44. The molecule has 4 rings (SSSR count). The zero-order valence-electron chi connectivity index (χ0n) is 14.5. The van der Waals surface area contributed by atoms with Crippen LogP contribution in [-0.2, 0) is 6.61 Å². The first-order chi connectivity index (χ1) is 13.6. The van der Waals surface area contributed by atoms with Crippen molar-refractivity contribution < 1.29 is 9.15 Å². The number of nitrogens with zero attached hydrogens (tertiary/aromatic N) is 5. The van der Waals surface area contributed by atoms with Crippen molar-refractivity contribution in [3.05, 3.63) is 64.2 Å². The van der Waals surface area contributed by atoms with Gasteiger partial charge < -0.3 is 9.15 Å². The zero-order chi connectivity index (χ0) is 19.5. The fourth-order valence-corrected chi connectivity index (χ4v) is 3.42. The average Bonchev–Trinajstić information content (AvgIpc) is 3.33. The number of hydrogen-bond donors (Lipinski definition) is 0. The molecule has 4 aromatic rings. The van der Waals surface area contributed by atoms with Crippen LogP contribution in [-0.4, -0.2) is 31.2 Å². The summed E-state index contributed by atoms with van der Waals surface area (Å²) in [6.45, 7) is 0.158. The summed E-state index contributed by atoms with van der Waals surface area (Å²) in [5, 5.41) is 13.0. The highest BCUT2D eigenvalue weighted by atomic mass is 79.9. The van der Waals surface area contributed by atoms with Crippen molar-refractivity contribution in [2.75, 3.05) is 6.26 Å². The van der Waals surface area contributed by atoms with Gasteiger partial charge >= 0.3 is 0 Å². The van der Waals surface area contributed by atoms with Crippen LogP contribution < -0.4 is 4.74 Å². The molecule has 10 heteroatoms. The molecule has 0 radical (unpaired) electrons. The van der Waals surface area contributed by atoms with Crippen molar-refractivity contribution in [2.45, 2.75) is 11.5 Å². The van der Waals surface area contributed by atoms with Gasteiger partial charge in [0, 0.05) is 17.2 Å². The van der Waals surface area contributed by atoms with Crippen molar-refractivity contribution in [1.82, 2.24) is 25.0 Å². The fraction of sp³-hybridized carbons (Fsp3) is 0.111. The van der Waals surface area contributed by atoms with Crippen molar-refractivity contribution in [2.24, 2.45) is 0 Å². The van der Waals surface area contributed by atoms with Crippen molar-refractivity contribution >= 4 is 39.3 Å². The maximum absolute atomic E-state index is 6.25. The maximum atomic E-state index is 6.25. The van der Waals surface area contributed by atoms with E-state index in [4.69, 9.17) is 20.8 Å². The number of aromatic nitrogens is 5. The summed E-state index contributed by atoms with van der Waals surface area (Å²) in [7, 11) is 0. The third-order valence-electron chi connectivity index (χ3n) is 3.73. The average molecular weight is 479 g/mol. The monoisotopic (exact) mass is 477 g/mol. The molecule has 0 N–H and O–H groups in total. The van der Waals surface area contributed by atoms with E-state index < -0.39 is 0 Å². The largest absolute Gasteiger partial charge is 0.484 e. The molecule has 0 atom stereocenters. The molecular formula is C18H13BrClN5O2S. The highest BCUT2D eigenvalue weighted by molar-refractivity contribution is 9.10. The first-order valence-electron chi connectivity index (χ1n) is 8.10. The van der Waals surface area contributed by atoms with Crippen molar-refractivity contribution in [3.8, 4) is 23.2 Å². The number of benzene rings is 1. The summed E-state index contributed by atoms with van der Waals surface area (Å²) in [5.74, 6) is 1.83. The molecule has 1 aromatic carbocycles. The van der Waals surface area contributed by atoms with Crippen LogP contribution in [0.4, 0.5) is 0 Å². The van der Waals surface area contributed by atoms with Crippen LogP contribution in [0.15, 0.2) is 62.6 Å². The lowest BCUT2D eigenvalue weighted by Gasteiger charge is -2.05. The molecule has 0 aliphatic heterocycles. The Hall–Kier alpha value is -2.36. The van der Waals surface area contributed by atoms with Crippen LogP contribution in [0.1, 0.15) is 5.89 Å². The van der Waals surface area contributed by atoms with E-state index in [-0.39, 0.29) is 12.5 Å². The summed E-state index contributed by atoms with van der Waals surface area (Å²) in [6, 6.07) is 13.0. The lowest BCUT2D eigenvalue weighted by molar-refractivity contribution is 0.264.